The fraction of sp³-hybridized carbons (Fsp3) is 0.286. The van der Waals surface area contributed by atoms with Crippen molar-refractivity contribution in [3.8, 4) is 22.5 Å². The summed E-state index contributed by atoms with van der Waals surface area (Å²) < 4.78 is 78.5. The van der Waals surface area contributed by atoms with Crippen LogP contribution in [0.4, 0.5) is 5.69 Å². The normalized spacial score (nSPS) is 12.7. The Morgan fingerprint density at radius 2 is 1.78 bits per heavy atom. The quantitative estimate of drug-likeness (QED) is 0.0329. The van der Waals surface area contributed by atoms with E-state index in [9.17, 15) is 35.8 Å². The number of nitrogens with one attached hydrogen (secondary N) is 1. The van der Waals surface area contributed by atoms with E-state index in [4.69, 9.17) is 9.30 Å². The van der Waals surface area contributed by atoms with E-state index < -0.39 is 42.4 Å². The number of carboxylic acids is 1. The lowest BCUT2D eigenvalue weighted by Gasteiger charge is -2.20. The number of rotatable bonds is 14. The highest BCUT2D eigenvalue weighted by atomic mass is 32.2. The second kappa shape index (κ2) is 14.3. The van der Waals surface area contributed by atoms with Gasteiger partial charge < -0.3 is 23.9 Å². The highest BCUT2D eigenvalue weighted by molar-refractivity contribution is 7.86. The summed E-state index contributed by atoms with van der Waals surface area (Å²) in [6.45, 7) is 4.30. The monoisotopic (exact) mass is 680 g/mol. The lowest BCUT2D eigenvalue weighted by atomic mass is 9.89. The molecule has 0 unspecified atom stereocenters. The molecule has 2 N–H and O–H groups in total. The first kappa shape index (κ1) is 34.3. The minimum absolute atomic E-state index is 0.0728. The standard InChI is InChI=1S/C28H30N2O12S3/c1-16-11-21-25(14-23(16)29-7-3-9-39-41-42-43)40-26-15-24(30-8-4-10-44(33,34)35)17(2)12-22(26)27(21)19-6-5-18(45(36,37)38)13-20(19)28(31)32/h5-6,11-15,30,43H,3-4,7-10H2,1-2H3,(H,31,32)(H,33,34,35)(H,36,37,38)/p-2. The molecule has 2 aromatic rings. The van der Waals surface area contributed by atoms with Gasteiger partial charge in [-0.3, -0.25) is 4.99 Å². The number of hydrogen-bond donors (Lipinski definition) is 3. The Labute approximate surface area is 264 Å². The molecule has 17 heteroatoms. The summed E-state index contributed by atoms with van der Waals surface area (Å²) in [4.78, 5) is 21.0. The molecule has 0 amide bonds. The smallest absolute Gasteiger partial charge is 0.336 e. The summed E-state index contributed by atoms with van der Waals surface area (Å²) in [5, 5.41) is 18.5. The van der Waals surface area contributed by atoms with Crippen LogP contribution in [0.5, 0.6) is 0 Å². The van der Waals surface area contributed by atoms with Gasteiger partial charge >= 0.3 is 5.97 Å². The number of carboxylic acid groups (broad SMARTS) is 1. The molecule has 0 saturated heterocycles. The Bertz CT molecular complexity index is 1990. The van der Waals surface area contributed by atoms with Crippen molar-refractivity contribution in [1.29, 1.82) is 0 Å². The predicted octanol–water partition coefficient (Wildman–Crippen LogP) is 3.79. The molecule has 0 bridgehead atoms. The van der Waals surface area contributed by atoms with E-state index in [1.807, 2.05) is 6.92 Å². The Balaban J connectivity index is 1.93. The van der Waals surface area contributed by atoms with E-state index in [-0.39, 0.29) is 25.1 Å². The van der Waals surface area contributed by atoms with Gasteiger partial charge in [0, 0.05) is 66.1 Å². The molecule has 0 aromatic heterocycles. The van der Waals surface area contributed by atoms with Gasteiger partial charge in [0.05, 0.1) is 32.5 Å². The van der Waals surface area contributed by atoms with Crippen LogP contribution in [0.1, 0.15) is 34.3 Å². The van der Waals surface area contributed by atoms with Crippen molar-refractivity contribution >= 4 is 55.8 Å². The molecule has 0 radical (unpaired) electrons. The van der Waals surface area contributed by atoms with Crippen molar-refractivity contribution in [2.24, 2.45) is 4.99 Å². The number of aromatic carboxylic acids is 1. The molecule has 14 nitrogen and oxygen atoms in total. The largest absolute Gasteiger partial charge is 0.748 e. The van der Waals surface area contributed by atoms with Crippen LogP contribution in [0.15, 0.2) is 56.8 Å². The maximum absolute atomic E-state index is 12.4. The predicted molar refractivity (Wildman–Crippen MR) is 162 cm³/mol. The zero-order valence-electron chi connectivity index (χ0n) is 23.9. The van der Waals surface area contributed by atoms with E-state index in [2.05, 4.69) is 32.6 Å². The van der Waals surface area contributed by atoms with Gasteiger partial charge in [-0.1, -0.05) is 11.1 Å². The molecular formula is C28H28N2O12S3-2. The molecule has 2 aromatic carbocycles. The van der Waals surface area contributed by atoms with Gasteiger partial charge in [-0.05, 0) is 67.6 Å². The van der Waals surface area contributed by atoms with Crippen LogP contribution in [-0.2, 0) is 34.5 Å². The fourth-order valence-electron chi connectivity index (χ4n) is 4.76. The first-order valence-electron chi connectivity index (χ1n) is 13.3. The lowest BCUT2D eigenvalue weighted by molar-refractivity contribution is -0.458. The topological polar surface area (TPSA) is 217 Å². The molecular weight excluding hydrogens is 653 g/mol. The summed E-state index contributed by atoms with van der Waals surface area (Å²) in [5.74, 6) is -1.65. The summed E-state index contributed by atoms with van der Waals surface area (Å²) in [5.41, 5.74) is 2.97. The van der Waals surface area contributed by atoms with Crippen molar-refractivity contribution in [2.75, 3.05) is 30.8 Å². The van der Waals surface area contributed by atoms with Crippen LogP contribution in [0.3, 0.4) is 0 Å². The molecule has 4 rings (SSSR count). The minimum Gasteiger partial charge on any atom is -0.748 e. The average Bonchev–Trinajstić information content (AvgIpc) is 2.95. The first-order valence-corrected chi connectivity index (χ1v) is 16.7. The van der Waals surface area contributed by atoms with Crippen LogP contribution in [0, 0.1) is 13.8 Å². The molecule has 1 heterocycles. The van der Waals surface area contributed by atoms with Gasteiger partial charge in [0.1, 0.15) is 21.5 Å². The molecule has 0 atom stereocenters. The second-order valence-electron chi connectivity index (χ2n) is 9.98. The maximum atomic E-state index is 12.4. The van der Waals surface area contributed by atoms with Crippen LogP contribution >= 0.6 is 12.9 Å². The number of thiol groups is 1. The molecule has 45 heavy (non-hydrogen) atoms. The van der Waals surface area contributed by atoms with Gasteiger partial charge in [-0.2, -0.15) is 0 Å². The Morgan fingerprint density at radius 1 is 1.02 bits per heavy atom. The SMILES string of the molecule is Cc1cc2c(-c3ccc(S(=O)(=O)[O-])cc3C(=O)O)c3cc(C)c(=NCCCOOOS)cc-3oc2cc1NCCCS(=O)(=O)[O-]. The van der Waals surface area contributed by atoms with Crippen molar-refractivity contribution < 1.29 is 54.5 Å². The molecule has 1 aliphatic heterocycles. The highest BCUT2D eigenvalue weighted by Crippen LogP contribution is 2.43. The molecule has 2 aliphatic rings. The number of carbonyl (C=O) groups is 1. The molecule has 242 valence electrons. The average molecular weight is 681 g/mol. The third kappa shape index (κ3) is 8.59. The summed E-state index contributed by atoms with van der Waals surface area (Å²) >= 11 is 3.40. The van der Waals surface area contributed by atoms with Gasteiger partial charge in [0.2, 0.25) is 0 Å². The summed E-state index contributed by atoms with van der Waals surface area (Å²) in [6, 6.07) is 10.0. The third-order valence-corrected chi connectivity index (χ3v) is 8.48. The van der Waals surface area contributed by atoms with E-state index >= 15 is 0 Å². The Morgan fingerprint density at radius 3 is 2.44 bits per heavy atom. The van der Waals surface area contributed by atoms with E-state index in [1.54, 1.807) is 31.2 Å². The van der Waals surface area contributed by atoms with Crippen molar-refractivity contribution in [2.45, 2.75) is 31.6 Å². The van der Waals surface area contributed by atoms with E-state index in [0.29, 0.717) is 57.4 Å². The molecule has 1 aliphatic carbocycles. The molecule has 0 fully saturated rings. The zero-order chi connectivity index (χ0) is 32.9. The number of anilines is 1. The number of benzene rings is 3. The van der Waals surface area contributed by atoms with Crippen molar-refractivity contribution in [3.63, 3.8) is 0 Å². The Hall–Kier alpha value is -3.55. The Kier molecular flexibility index (Phi) is 10.9. The van der Waals surface area contributed by atoms with Crippen LogP contribution in [0.25, 0.3) is 33.4 Å². The van der Waals surface area contributed by atoms with Crippen molar-refractivity contribution in [3.05, 3.63) is 64.5 Å². The maximum Gasteiger partial charge on any atom is 0.336 e. The van der Waals surface area contributed by atoms with Gasteiger partial charge in [0.15, 0.2) is 0 Å². The number of hydrogen-bond acceptors (Lipinski definition) is 14. The minimum atomic E-state index is -4.94. The second-order valence-corrected chi connectivity index (χ2v) is 13.0. The summed E-state index contributed by atoms with van der Waals surface area (Å²) in [6.07, 6.45) is 0.553. The highest BCUT2D eigenvalue weighted by Gasteiger charge is 2.24. The van der Waals surface area contributed by atoms with Gasteiger partial charge in [-0.15, -0.1) is 4.33 Å². The number of nitrogens with zero attached hydrogens (tertiary/aromatic N) is 1. The van der Waals surface area contributed by atoms with Gasteiger partial charge in [0.25, 0.3) is 0 Å². The fourth-order valence-corrected chi connectivity index (χ4v) is 5.80. The first-order chi connectivity index (χ1) is 21.2. The number of fused-ring (bicyclic) bond motifs is 2. The van der Waals surface area contributed by atoms with Crippen LogP contribution < -0.4 is 10.7 Å². The lowest BCUT2D eigenvalue weighted by Crippen LogP contribution is -2.11. The van der Waals surface area contributed by atoms with E-state index in [0.717, 1.165) is 17.7 Å². The summed E-state index contributed by atoms with van der Waals surface area (Å²) in [7, 11) is -9.31. The van der Waals surface area contributed by atoms with E-state index in [1.165, 1.54) is 6.07 Å². The zero-order valence-corrected chi connectivity index (χ0v) is 26.5. The van der Waals surface area contributed by atoms with Crippen LogP contribution in [0.2, 0.25) is 0 Å². The molecule has 0 saturated carbocycles. The number of aryl methyl sites for hydroxylation is 2. The van der Waals surface area contributed by atoms with Gasteiger partial charge in [-0.25, -0.2) is 26.5 Å². The molecule has 0 spiro atoms. The van der Waals surface area contributed by atoms with Crippen LogP contribution in [-0.4, -0.2) is 62.5 Å². The third-order valence-electron chi connectivity index (χ3n) is 6.80. The van der Waals surface area contributed by atoms with Crippen molar-refractivity contribution in [1.82, 2.24) is 0 Å².